The summed E-state index contributed by atoms with van der Waals surface area (Å²) in [5, 5.41) is 0. The molecule has 18 heavy (non-hydrogen) atoms. The smallest absolute Gasteiger partial charge is 0.208 e. The lowest BCUT2D eigenvalue weighted by Gasteiger charge is -2.37. The van der Waals surface area contributed by atoms with Gasteiger partial charge in [-0.1, -0.05) is 0 Å². The van der Waals surface area contributed by atoms with Crippen LogP contribution in [0.25, 0.3) is 0 Å². The van der Waals surface area contributed by atoms with Crippen molar-refractivity contribution in [2.75, 3.05) is 38.1 Å². The lowest BCUT2D eigenvalue weighted by molar-refractivity contribution is 0.373. The zero-order valence-corrected chi connectivity index (χ0v) is 10.4. The van der Waals surface area contributed by atoms with Gasteiger partial charge in [-0.15, -0.1) is 0 Å². The molecule has 0 spiro atoms. The topological polar surface area (TPSA) is 56.9 Å². The number of halogens is 1. The van der Waals surface area contributed by atoms with E-state index in [1.807, 2.05) is 0 Å². The average Bonchev–Trinajstić information content (AvgIpc) is 2.42. The molecule has 1 saturated heterocycles. The molecule has 6 heteroatoms. The first-order valence-electron chi connectivity index (χ1n) is 5.93. The molecule has 0 amide bonds. The number of hydrazine groups is 1. The normalized spacial score (nSPS) is 16.9. The number of anilines is 1. The van der Waals surface area contributed by atoms with Gasteiger partial charge in [-0.25, -0.2) is 10.2 Å². The Hall–Kier alpha value is -1.82. The van der Waals surface area contributed by atoms with Crippen LogP contribution in [0.2, 0.25) is 0 Å². The van der Waals surface area contributed by atoms with E-state index in [2.05, 4.69) is 20.2 Å². The van der Waals surface area contributed by atoms with Gasteiger partial charge in [0.2, 0.25) is 5.96 Å². The quantitative estimate of drug-likeness (QED) is 0.328. The van der Waals surface area contributed by atoms with E-state index in [4.69, 9.17) is 5.84 Å². The van der Waals surface area contributed by atoms with Gasteiger partial charge < -0.3 is 9.80 Å². The standard InChI is InChI=1S/C12H18FN5/c1-15-12(16-14)18-8-6-17(7-9-18)11-4-2-10(13)3-5-11/h2-5H,6-9,14H2,1H3,(H,15,16). The predicted octanol–water partition coefficient (Wildman–Crippen LogP) is 0.397. The number of piperazine rings is 1. The van der Waals surface area contributed by atoms with Crippen LogP contribution in [0.1, 0.15) is 0 Å². The van der Waals surface area contributed by atoms with Crippen molar-refractivity contribution >= 4 is 11.6 Å². The van der Waals surface area contributed by atoms with Crippen molar-refractivity contribution in [1.29, 1.82) is 0 Å². The first-order valence-corrected chi connectivity index (χ1v) is 5.93. The van der Waals surface area contributed by atoms with E-state index in [1.54, 1.807) is 19.2 Å². The predicted molar refractivity (Wildman–Crippen MR) is 70.9 cm³/mol. The summed E-state index contributed by atoms with van der Waals surface area (Å²) in [6.07, 6.45) is 0. The van der Waals surface area contributed by atoms with Gasteiger partial charge in [0, 0.05) is 38.9 Å². The molecule has 1 fully saturated rings. The van der Waals surface area contributed by atoms with Crippen molar-refractivity contribution < 1.29 is 4.39 Å². The molecule has 1 aliphatic rings. The van der Waals surface area contributed by atoms with Crippen molar-refractivity contribution in [2.45, 2.75) is 0 Å². The second-order valence-corrected chi connectivity index (χ2v) is 4.14. The summed E-state index contributed by atoms with van der Waals surface area (Å²) in [4.78, 5) is 8.40. The van der Waals surface area contributed by atoms with E-state index in [-0.39, 0.29) is 5.82 Å². The molecule has 5 nitrogen and oxygen atoms in total. The fraction of sp³-hybridized carbons (Fsp3) is 0.417. The van der Waals surface area contributed by atoms with Gasteiger partial charge in [0.05, 0.1) is 0 Å². The van der Waals surface area contributed by atoms with Crippen LogP contribution in [0.15, 0.2) is 29.3 Å². The van der Waals surface area contributed by atoms with Crippen molar-refractivity contribution in [1.82, 2.24) is 10.3 Å². The zero-order valence-electron chi connectivity index (χ0n) is 10.4. The maximum absolute atomic E-state index is 12.8. The van der Waals surface area contributed by atoms with Crippen molar-refractivity contribution in [3.63, 3.8) is 0 Å². The molecule has 1 aromatic rings. The van der Waals surface area contributed by atoms with Gasteiger partial charge in [0.1, 0.15) is 5.82 Å². The maximum atomic E-state index is 12.8. The van der Waals surface area contributed by atoms with E-state index in [1.165, 1.54) is 12.1 Å². The molecule has 0 radical (unpaired) electrons. The van der Waals surface area contributed by atoms with E-state index in [0.717, 1.165) is 31.9 Å². The molecule has 1 aromatic carbocycles. The zero-order chi connectivity index (χ0) is 13.0. The minimum atomic E-state index is -0.204. The number of hydrogen-bond acceptors (Lipinski definition) is 3. The molecule has 3 N–H and O–H groups in total. The highest BCUT2D eigenvalue weighted by atomic mass is 19.1. The molecule has 0 atom stereocenters. The van der Waals surface area contributed by atoms with E-state index < -0.39 is 0 Å². The molecule has 0 bridgehead atoms. The summed E-state index contributed by atoms with van der Waals surface area (Å²) < 4.78 is 12.8. The van der Waals surface area contributed by atoms with Gasteiger partial charge >= 0.3 is 0 Å². The highest BCUT2D eigenvalue weighted by Crippen LogP contribution is 2.16. The lowest BCUT2D eigenvalue weighted by Crippen LogP contribution is -2.54. The monoisotopic (exact) mass is 251 g/mol. The second-order valence-electron chi connectivity index (χ2n) is 4.14. The number of nitrogens with one attached hydrogen (secondary N) is 1. The Kier molecular flexibility index (Phi) is 3.99. The van der Waals surface area contributed by atoms with Crippen LogP contribution in [0, 0.1) is 5.82 Å². The van der Waals surface area contributed by atoms with Crippen LogP contribution in [0.4, 0.5) is 10.1 Å². The Morgan fingerprint density at radius 1 is 1.22 bits per heavy atom. The Labute approximate surface area is 106 Å². The van der Waals surface area contributed by atoms with E-state index >= 15 is 0 Å². The number of nitrogens with two attached hydrogens (primary N) is 1. The van der Waals surface area contributed by atoms with Crippen LogP contribution in [-0.2, 0) is 0 Å². The highest BCUT2D eigenvalue weighted by molar-refractivity contribution is 5.79. The molecule has 1 heterocycles. The van der Waals surface area contributed by atoms with Crippen LogP contribution in [0.5, 0.6) is 0 Å². The summed E-state index contributed by atoms with van der Waals surface area (Å²) in [5.74, 6) is 5.90. The van der Waals surface area contributed by atoms with Crippen LogP contribution in [0.3, 0.4) is 0 Å². The minimum Gasteiger partial charge on any atom is -0.368 e. The summed E-state index contributed by atoms with van der Waals surface area (Å²) >= 11 is 0. The number of hydrogen-bond donors (Lipinski definition) is 2. The van der Waals surface area contributed by atoms with Gasteiger partial charge in [0.25, 0.3) is 0 Å². The van der Waals surface area contributed by atoms with Crippen LogP contribution < -0.4 is 16.2 Å². The maximum Gasteiger partial charge on any atom is 0.208 e. The minimum absolute atomic E-state index is 0.204. The third-order valence-corrected chi connectivity index (χ3v) is 3.11. The number of aliphatic imine (C=N–C) groups is 1. The summed E-state index contributed by atoms with van der Waals surface area (Å²) in [7, 11) is 1.71. The highest BCUT2D eigenvalue weighted by Gasteiger charge is 2.19. The third kappa shape index (κ3) is 2.70. The Morgan fingerprint density at radius 2 is 1.83 bits per heavy atom. The first kappa shape index (κ1) is 12.6. The van der Waals surface area contributed by atoms with Gasteiger partial charge in [-0.3, -0.25) is 10.4 Å². The van der Waals surface area contributed by atoms with E-state index in [9.17, 15) is 4.39 Å². The molecular weight excluding hydrogens is 233 g/mol. The number of benzene rings is 1. The molecule has 2 rings (SSSR count). The van der Waals surface area contributed by atoms with Gasteiger partial charge in [0.15, 0.2) is 0 Å². The third-order valence-electron chi connectivity index (χ3n) is 3.11. The first-order chi connectivity index (χ1) is 8.74. The van der Waals surface area contributed by atoms with Crippen molar-refractivity contribution in [3.05, 3.63) is 30.1 Å². The second kappa shape index (κ2) is 5.68. The number of rotatable bonds is 1. The number of nitrogens with zero attached hydrogens (tertiary/aromatic N) is 3. The largest absolute Gasteiger partial charge is 0.368 e. The summed E-state index contributed by atoms with van der Waals surface area (Å²) in [6.45, 7) is 3.42. The Bertz CT molecular complexity index is 409. The van der Waals surface area contributed by atoms with E-state index in [0.29, 0.717) is 5.96 Å². The summed E-state index contributed by atoms with van der Waals surface area (Å²) in [6, 6.07) is 6.59. The Balaban J connectivity index is 1.96. The fourth-order valence-corrected chi connectivity index (χ4v) is 2.13. The Morgan fingerprint density at radius 3 is 2.33 bits per heavy atom. The van der Waals surface area contributed by atoms with Crippen LogP contribution >= 0.6 is 0 Å². The van der Waals surface area contributed by atoms with Crippen molar-refractivity contribution in [3.8, 4) is 0 Å². The molecule has 98 valence electrons. The SMILES string of the molecule is CN=C(NN)N1CCN(c2ccc(F)cc2)CC1. The van der Waals surface area contributed by atoms with Crippen molar-refractivity contribution in [2.24, 2.45) is 10.8 Å². The number of guanidine groups is 1. The summed E-state index contributed by atoms with van der Waals surface area (Å²) in [5.41, 5.74) is 3.64. The molecule has 1 aliphatic heterocycles. The molecule has 0 saturated carbocycles. The fourth-order valence-electron chi connectivity index (χ4n) is 2.13. The molecule has 0 aromatic heterocycles. The van der Waals surface area contributed by atoms with Gasteiger partial charge in [-0.05, 0) is 24.3 Å². The lowest BCUT2D eigenvalue weighted by atomic mass is 10.2. The van der Waals surface area contributed by atoms with Crippen LogP contribution in [-0.4, -0.2) is 44.1 Å². The average molecular weight is 251 g/mol. The molecule has 0 unspecified atom stereocenters. The molecular formula is C12H18FN5. The van der Waals surface area contributed by atoms with Gasteiger partial charge in [-0.2, -0.15) is 0 Å². The molecule has 0 aliphatic carbocycles.